The fraction of sp³-hybridized carbons (Fsp3) is 0.692. The van der Waals surface area contributed by atoms with Crippen molar-refractivity contribution in [2.45, 2.75) is 33.7 Å². The quantitative estimate of drug-likeness (QED) is 0.834. The number of anilines is 2. The van der Waals surface area contributed by atoms with E-state index in [4.69, 9.17) is 5.73 Å². The number of rotatable bonds is 5. The molecule has 1 atom stereocenters. The number of nitrogens with zero attached hydrogens (tertiary/aromatic N) is 3. The molecule has 1 rings (SSSR count). The van der Waals surface area contributed by atoms with Crippen molar-refractivity contribution in [2.75, 3.05) is 30.4 Å². The Labute approximate surface area is 110 Å². The van der Waals surface area contributed by atoms with Crippen LogP contribution in [0.5, 0.6) is 0 Å². The zero-order valence-corrected chi connectivity index (χ0v) is 12.1. The fourth-order valence-electron chi connectivity index (χ4n) is 1.74. The summed E-state index contributed by atoms with van der Waals surface area (Å²) in [6, 6.07) is 2.17. The molecular weight excluding hydrogens is 226 g/mol. The minimum absolute atomic E-state index is 0.209. The predicted octanol–water partition coefficient (Wildman–Crippen LogP) is 1.72. The van der Waals surface area contributed by atoms with Crippen LogP contribution in [0, 0.1) is 5.41 Å². The molecule has 5 heteroatoms. The van der Waals surface area contributed by atoms with Gasteiger partial charge < -0.3 is 16.0 Å². The third kappa shape index (κ3) is 4.87. The molecule has 0 saturated heterocycles. The second-order valence-electron chi connectivity index (χ2n) is 5.96. The van der Waals surface area contributed by atoms with Gasteiger partial charge in [-0.25, -0.2) is 9.97 Å². The summed E-state index contributed by atoms with van der Waals surface area (Å²) in [5.74, 6) is 1.74. The summed E-state index contributed by atoms with van der Waals surface area (Å²) in [6.45, 7) is 10.2. The summed E-state index contributed by atoms with van der Waals surface area (Å²) >= 11 is 0. The van der Waals surface area contributed by atoms with E-state index in [1.54, 1.807) is 6.33 Å². The highest BCUT2D eigenvalue weighted by Crippen LogP contribution is 2.19. The molecule has 1 aromatic rings. The van der Waals surface area contributed by atoms with Crippen LogP contribution in [0.1, 0.15) is 27.7 Å². The van der Waals surface area contributed by atoms with E-state index in [2.05, 4.69) is 41.0 Å². The van der Waals surface area contributed by atoms with Gasteiger partial charge in [0.25, 0.3) is 0 Å². The van der Waals surface area contributed by atoms with E-state index in [0.717, 1.165) is 18.2 Å². The van der Waals surface area contributed by atoms with Crippen molar-refractivity contribution in [3.63, 3.8) is 0 Å². The van der Waals surface area contributed by atoms with Crippen molar-refractivity contribution < 1.29 is 0 Å². The molecular formula is C13H25N5. The van der Waals surface area contributed by atoms with Crippen LogP contribution in [0.3, 0.4) is 0 Å². The molecule has 18 heavy (non-hydrogen) atoms. The molecule has 0 fully saturated rings. The highest BCUT2D eigenvalue weighted by atomic mass is 15.2. The van der Waals surface area contributed by atoms with E-state index in [-0.39, 0.29) is 11.5 Å². The van der Waals surface area contributed by atoms with Crippen LogP contribution in [0.4, 0.5) is 11.6 Å². The molecule has 0 spiro atoms. The van der Waals surface area contributed by atoms with E-state index >= 15 is 0 Å². The van der Waals surface area contributed by atoms with Gasteiger partial charge in [-0.3, -0.25) is 0 Å². The average Bonchev–Trinajstić information content (AvgIpc) is 2.27. The van der Waals surface area contributed by atoms with Crippen LogP contribution in [0.15, 0.2) is 12.4 Å². The first-order valence-corrected chi connectivity index (χ1v) is 6.31. The Morgan fingerprint density at radius 3 is 2.61 bits per heavy atom. The van der Waals surface area contributed by atoms with Gasteiger partial charge in [-0.15, -0.1) is 0 Å². The van der Waals surface area contributed by atoms with Crippen LogP contribution >= 0.6 is 0 Å². The van der Waals surface area contributed by atoms with Gasteiger partial charge in [0.05, 0.1) is 0 Å². The molecule has 102 valence electrons. The number of aromatic nitrogens is 2. The molecule has 0 aliphatic carbocycles. The summed E-state index contributed by atoms with van der Waals surface area (Å²) in [4.78, 5) is 10.6. The maximum Gasteiger partial charge on any atom is 0.133 e. The van der Waals surface area contributed by atoms with Crippen LogP contribution in [0.25, 0.3) is 0 Å². The Morgan fingerprint density at radius 2 is 2.06 bits per heavy atom. The number of hydrogen-bond acceptors (Lipinski definition) is 5. The summed E-state index contributed by atoms with van der Waals surface area (Å²) in [7, 11) is 2.05. The molecule has 0 aromatic carbocycles. The minimum atomic E-state index is 0.209. The minimum Gasteiger partial charge on any atom is -0.366 e. The lowest BCUT2D eigenvalue weighted by Crippen LogP contribution is -2.30. The predicted molar refractivity (Wildman–Crippen MR) is 76.9 cm³/mol. The van der Waals surface area contributed by atoms with E-state index in [1.807, 2.05) is 20.0 Å². The van der Waals surface area contributed by atoms with Crippen LogP contribution in [-0.2, 0) is 0 Å². The van der Waals surface area contributed by atoms with Gasteiger partial charge in [0.15, 0.2) is 0 Å². The van der Waals surface area contributed by atoms with Gasteiger partial charge in [-0.2, -0.15) is 0 Å². The summed E-state index contributed by atoms with van der Waals surface area (Å²) < 4.78 is 0. The number of nitrogens with one attached hydrogen (secondary N) is 1. The zero-order chi connectivity index (χ0) is 13.8. The maximum absolute atomic E-state index is 5.58. The van der Waals surface area contributed by atoms with Crippen molar-refractivity contribution in [3.05, 3.63) is 12.4 Å². The third-order valence-electron chi connectivity index (χ3n) is 2.50. The maximum atomic E-state index is 5.58. The Morgan fingerprint density at radius 1 is 1.39 bits per heavy atom. The number of nitrogens with two attached hydrogens (primary N) is 1. The zero-order valence-electron chi connectivity index (χ0n) is 12.1. The van der Waals surface area contributed by atoms with E-state index in [1.165, 1.54) is 0 Å². The monoisotopic (exact) mass is 251 g/mol. The molecule has 1 unspecified atom stereocenters. The molecule has 0 aliphatic heterocycles. The second kappa shape index (κ2) is 6.00. The largest absolute Gasteiger partial charge is 0.366 e. The summed E-state index contributed by atoms with van der Waals surface area (Å²) in [5, 5.41) is 3.25. The standard InChI is InChI=1S/C13H25N5/c1-10(7-14)17-11-6-12(16-9-15-11)18(5)8-13(2,3)4/h6,9-10H,7-8,14H2,1-5H3,(H,15,16,17). The van der Waals surface area contributed by atoms with Gasteiger partial charge in [-0.05, 0) is 12.3 Å². The molecule has 1 heterocycles. The number of hydrogen-bond donors (Lipinski definition) is 2. The van der Waals surface area contributed by atoms with Crippen molar-refractivity contribution in [1.82, 2.24) is 9.97 Å². The highest BCUT2D eigenvalue weighted by Gasteiger charge is 2.15. The Balaban J connectivity index is 2.75. The molecule has 0 aliphatic rings. The lowest BCUT2D eigenvalue weighted by Gasteiger charge is -2.27. The van der Waals surface area contributed by atoms with Gasteiger partial charge in [0.1, 0.15) is 18.0 Å². The average molecular weight is 251 g/mol. The molecule has 0 saturated carbocycles. The molecule has 0 amide bonds. The highest BCUT2D eigenvalue weighted by molar-refractivity contribution is 5.48. The van der Waals surface area contributed by atoms with E-state index in [9.17, 15) is 0 Å². The normalized spacial score (nSPS) is 13.2. The van der Waals surface area contributed by atoms with Crippen molar-refractivity contribution in [1.29, 1.82) is 0 Å². The molecule has 0 radical (unpaired) electrons. The van der Waals surface area contributed by atoms with Crippen LogP contribution < -0.4 is 16.0 Å². The molecule has 0 bridgehead atoms. The van der Waals surface area contributed by atoms with E-state index in [0.29, 0.717) is 6.54 Å². The first kappa shape index (κ1) is 14.7. The van der Waals surface area contributed by atoms with Gasteiger partial charge >= 0.3 is 0 Å². The summed E-state index contributed by atoms with van der Waals surface area (Å²) in [5.41, 5.74) is 5.82. The Bertz CT molecular complexity index is 372. The second-order valence-corrected chi connectivity index (χ2v) is 5.96. The lowest BCUT2D eigenvalue weighted by molar-refractivity contribution is 0.418. The SMILES string of the molecule is CC(CN)Nc1cc(N(C)CC(C)(C)C)ncn1. The lowest BCUT2D eigenvalue weighted by atomic mass is 9.96. The van der Waals surface area contributed by atoms with Crippen LogP contribution in [-0.4, -0.2) is 36.1 Å². The third-order valence-corrected chi connectivity index (χ3v) is 2.50. The van der Waals surface area contributed by atoms with Crippen molar-refractivity contribution in [3.8, 4) is 0 Å². The molecule has 5 nitrogen and oxygen atoms in total. The van der Waals surface area contributed by atoms with Gasteiger partial charge in [0, 0.05) is 32.2 Å². The fourth-order valence-corrected chi connectivity index (χ4v) is 1.74. The molecule has 3 N–H and O–H groups in total. The van der Waals surface area contributed by atoms with Crippen LogP contribution in [0.2, 0.25) is 0 Å². The molecule has 1 aromatic heterocycles. The Hall–Kier alpha value is -1.36. The first-order valence-electron chi connectivity index (χ1n) is 6.31. The van der Waals surface area contributed by atoms with Crippen molar-refractivity contribution in [2.24, 2.45) is 11.1 Å². The van der Waals surface area contributed by atoms with Gasteiger partial charge in [-0.1, -0.05) is 20.8 Å². The van der Waals surface area contributed by atoms with E-state index < -0.39 is 0 Å². The topological polar surface area (TPSA) is 67.1 Å². The summed E-state index contributed by atoms with van der Waals surface area (Å²) in [6.07, 6.45) is 1.58. The first-order chi connectivity index (χ1) is 8.31. The Kier molecular flexibility index (Phi) is 4.90. The smallest absolute Gasteiger partial charge is 0.133 e. The van der Waals surface area contributed by atoms with Gasteiger partial charge in [0.2, 0.25) is 0 Å². The van der Waals surface area contributed by atoms with Crippen molar-refractivity contribution >= 4 is 11.6 Å².